The highest BCUT2D eigenvalue weighted by molar-refractivity contribution is 6.30. The Morgan fingerprint density at radius 2 is 1.87 bits per heavy atom. The molecule has 2 N–H and O–H groups in total. The van der Waals surface area contributed by atoms with Crippen LogP contribution in [0.1, 0.15) is 46.2 Å². The molecule has 38 heavy (non-hydrogen) atoms. The smallest absolute Gasteiger partial charge is 0.356 e. The molecule has 0 saturated heterocycles. The maximum Gasteiger partial charge on any atom is 0.356 e. The molecule has 0 aliphatic heterocycles. The van der Waals surface area contributed by atoms with E-state index in [9.17, 15) is 23.5 Å². The van der Waals surface area contributed by atoms with Gasteiger partial charge in [0.25, 0.3) is 12.0 Å². The minimum absolute atomic E-state index is 0.0142. The Morgan fingerprint density at radius 3 is 2.50 bits per heavy atom. The van der Waals surface area contributed by atoms with E-state index in [2.05, 4.69) is 15.3 Å². The predicted octanol–water partition coefficient (Wildman–Crippen LogP) is 5.52. The molecule has 3 heterocycles. The van der Waals surface area contributed by atoms with Gasteiger partial charge in [0.05, 0.1) is 34.5 Å². The minimum atomic E-state index is -2.97. The third-order valence-electron chi connectivity index (χ3n) is 5.48. The van der Waals surface area contributed by atoms with Crippen LogP contribution in [0.3, 0.4) is 0 Å². The van der Waals surface area contributed by atoms with Crippen LogP contribution in [0.25, 0.3) is 5.65 Å². The van der Waals surface area contributed by atoms with Crippen LogP contribution in [0.15, 0.2) is 59.5 Å². The number of benzene rings is 1. The van der Waals surface area contributed by atoms with Gasteiger partial charge >= 0.3 is 5.97 Å². The average Bonchev–Trinajstić information content (AvgIpc) is 2.88. The molecule has 9 nitrogen and oxygen atoms in total. The summed E-state index contributed by atoms with van der Waals surface area (Å²) in [7, 11) is 0. The molecule has 0 saturated carbocycles. The van der Waals surface area contributed by atoms with Crippen molar-refractivity contribution in [3.63, 3.8) is 0 Å². The number of anilines is 1. The van der Waals surface area contributed by atoms with Crippen molar-refractivity contribution in [3.8, 4) is 11.9 Å². The Kier molecular flexibility index (Phi) is 7.75. The number of aromatic carboxylic acids is 1. The lowest BCUT2D eigenvalue weighted by atomic mass is 10.1. The lowest BCUT2D eigenvalue weighted by Gasteiger charge is -2.21. The van der Waals surface area contributed by atoms with Crippen LogP contribution in [0.2, 0.25) is 10.2 Å². The normalized spacial score (nSPS) is 12.7. The van der Waals surface area contributed by atoms with Crippen molar-refractivity contribution in [3.05, 3.63) is 97.6 Å². The maximum absolute atomic E-state index is 13.9. The fraction of sp³-hybridized carbons (Fsp3) is 0.160. The quantitative estimate of drug-likeness (QED) is 0.270. The zero-order chi connectivity index (χ0) is 27.6. The van der Waals surface area contributed by atoms with E-state index in [4.69, 9.17) is 33.2 Å². The second-order valence-corrected chi connectivity index (χ2v) is 8.87. The number of pyridine rings is 2. The van der Waals surface area contributed by atoms with Crippen LogP contribution in [0.5, 0.6) is 5.88 Å². The molecule has 2 atom stereocenters. The van der Waals surface area contributed by atoms with E-state index < -0.39 is 30.1 Å². The number of hydrogen-bond acceptors (Lipinski definition) is 7. The highest BCUT2D eigenvalue weighted by Gasteiger charge is 2.26. The number of hydrogen-bond donors (Lipinski definition) is 2. The molecule has 0 amide bonds. The number of carboxylic acids is 1. The highest BCUT2D eigenvalue weighted by atomic mass is 35.5. The average molecular weight is 560 g/mol. The van der Waals surface area contributed by atoms with Gasteiger partial charge in [-0.2, -0.15) is 10.2 Å². The lowest BCUT2D eigenvalue weighted by molar-refractivity contribution is 0.00795. The summed E-state index contributed by atoms with van der Waals surface area (Å²) in [5.41, 5.74) is -0.0690. The predicted molar refractivity (Wildman–Crippen MR) is 135 cm³/mol. The number of nitrogens with one attached hydrogen (secondary N) is 1. The first kappa shape index (κ1) is 26.8. The van der Waals surface area contributed by atoms with Gasteiger partial charge in [0.1, 0.15) is 10.8 Å². The molecule has 0 spiro atoms. The van der Waals surface area contributed by atoms with E-state index in [1.54, 1.807) is 6.92 Å². The monoisotopic (exact) mass is 559 g/mol. The van der Waals surface area contributed by atoms with Crippen LogP contribution < -0.4 is 15.6 Å². The SMILES string of the molecule is C[C@@H](Nc1ccc(Cl)nc1C(=O)O)c1cc(Cl)cn2c(=O)cc(O[C@@H](c3ccc(C#N)cc3)C(F)F)nc12. The number of alkyl halides is 2. The topological polar surface area (TPSA) is 130 Å². The Morgan fingerprint density at radius 1 is 1.16 bits per heavy atom. The number of nitrogens with zero attached hydrogens (tertiary/aromatic N) is 4. The van der Waals surface area contributed by atoms with Crippen molar-refractivity contribution < 1.29 is 23.4 Å². The molecule has 4 aromatic rings. The molecule has 4 rings (SSSR count). The standard InChI is InChI=1S/C25H17Cl2F2N5O4/c1-12(31-17-6-7-18(27)32-21(17)25(36)37)16-8-15(26)11-34-20(35)9-19(33-24(16)34)38-22(23(28)29)14-4-2-13(10-30)3-5-14/h2-9,11-12,22-23,31H,1H3,(H,36,37)/t12-,22+/m1/s1. The summed E-state index contributed by atoms with van der Waals surface area (Å²) in [6.07, 6.45) is -3.42. The number of nitriles is 1. The van der Waals surface area contributed by atoms with Gasteiger partial charge in [-0.3, -0.25) is 9.20 Å². The number of carbonyl (C=O) groups is 1. The van der Waals surface area contributed by atoms with Crippen LogP contribution in [0.4, 0.5) is 14.5 Å². The first-order chi connectivity index (χ1) is 18.1. The van der Waals surface area contributed by atoms with Gasteiger partial charge in [0.15, 0.2) is 11.8 Å². The third-order valence-corrected chi connectivity index (χ3v) is 5.90. The summed E-state index contributed by atoms with van der Waals surface area (Å²) >= 11 is 12.0. The number of fused-ring (bicyclic) bond motifs is 1. The van der Waals surface area contributed by atoms with Crippen molar-refractivity contribution in [2.45, 2.75) is 25.5 Å². The van der Waals surface area contributed by atoms with Gasteiger partial charge in [-0.25, -0.2) is 18.6 Å². The first-order valence-electron chi connectivity index (χ1n) is 10.9. The molecule has 0 radical (unpaired) electrons. The number of halogens is 4. The molecule has 0 bridgehead atoms. The van der Waals surface area contributed by atoms with Gasteiger partial charge in [0, 0.05) is 11.8 Å². The molecule has 3 aromatic heterocycles. The van der Waals surface area contributed by atoms with Gasteiger partial charge in [-0.1, -0.05) is 35.3 Å². The summed E-state index contributed by atoms with van der Waals surface area (Å²) < 4.78 is 34.4. The second-order valence-electron chi connectivity index (χ2n) is 8.05. The molecule has 0 aliphatic carbocycles. The molecular weight excluding hydrogens is 543 g/mol. The Bertz CT molecular complexity index is 1620. The fourth-order valence-corrected chi connectivity index (χ4v) is 4.08. The first-order valence-corrected chi connectivity index (χ1v) is 11.7. The Labute approximate surface area is 223 Å². The van der Waals surface area contributed by atoms with Gasteiger partial charge < -0.3 is 15.2 Å². The fourth-order valence-electron chi connectivity index (χ4n) is 3.72. The van der Waals surface area contributed by atoms with E-state index >= 15 is 0 Å². The van der Waals surface area contributed by atoms with Crippen molar-refractivity contribution in [2.24, 2.45) is 0 Å². The van der Waals surface area contributed by atoms with Gasteiger partial charge in [-0.05, 0) is 42.8 Å². The van der Waals surface area contributed by atoms with E-state index in [0.29, 0.717) is 5.56 Å². The van der Waals surface area contributed by atoms with Crippen LogP contribution in [-0.2, 0) is 0 Å². The van der Waals surface area contributed by atoms with E-state index in [-0.39, 0.29) is 44.2 Å². The van der Waals surface area contributed by atoms with Crippen LogP contribution in [0, 0.1) is 11.3 Å². The molecular formula is C25H17Cl2F2N5O4. The molecule has 194 valence electrons. The zero-order valence-corrected chi connectivity index (χ0v) is 20.9. The minimum Gasteiger partial charge on any atom is -0.476 e. The van der Waals surface area contributed by atoms with Crippen molar-refractivity contribution in [1.82, 2.24) is 14.4 Å². The third kappa shape index (κ3) is 5.66. The van der Waals surface area contributed by atoms with E-state index in [1.807, 2.05) is 6.07 Å². The summed E-state index contributed by atoms with van der Waals surface area (Å²) in [4.78, 5) is 32.6. The Balaban J connectivity index is 1.75. The van der Waals surface area contributed by atoms with E-state index in [0.717, 1.165) is 10.5 Å². The van der Waals surface area contributed by atoms with Crippen molar-refractivity contribution in [2.75, 3.05) is 5.32 Å². The van der Waals surface area contributed by atoms with Crippen LogP contribution in [-0.4, -0.2) is 31.9 Å². The summed E-state index contributed by atoms with van der Waals surface area (Å²) in [5.74, 6) is -1.68. The van der Waals surface area contributed by atoms with Crippen molar-refractivity contribution >= 4 is 40.5 Å². The van der Waals surface area contributed by atoms with Crippen LogP contribution >= 0.6 is 23.2 Å². The lowest BCUT2D eigenvalue weighted by Crippen LogP contribution is -2.22. The number of rotatable bonds is 8. The molecule has 13 heteroatoms. The van der Waals surface area contributed by atoms with Gasteiger partial charge in [-0.15, -0.1) is 0 Å². The Hall–Kier alpha value is -4.27. The molecule has 0 unspecified atom stereocenters. The number of ether oxygens (including phenoxy) is 1. The maximum atomic E-state index is 13.9. The largest absolute Gasteiger partial charge is 0.476 e. The zero-order valence-electron chi connectivity index (χ0n) is 19.4. The molecule has 1 aromatic carbocycles. The second kappa shape index (κ2) is 11.0. The highest BCUT2D eigenvalue weighted by Crippen LogP contribution is 2.30. The van der Waals surface area contributed by atoms with Gasteiger partial charge in [0.2, 0.25) is 5.88 Å². The number of carboxylic acid groups (broad SMARTS) is 1. The summed E-state index contributed by atoms with van der Waals surface area (Å²) in [6, 6.07) is 11.9. The van der Waals surface area contributed by atoms with Crippen molar-refractivity contribution in [1.29, 1.82) is 5.26 Å². The summed E-state index contributed by atoms with van der Waals surface area (Å²) in [6.45, 7) is 1.66. The molecule has 0 fully saturated rings. The summed E-state index contributed by atoms with van der Waals surface area (Å²) in [5, 5.41) is 21.6. The number of aromatic nitrogens is 3. The van der Waals surface area contributed by atoms with E-state index in [1.165, 1.54) is 48.7 Å². The molecule has 0 aliphatic rings.